The molecule has 0 bridgehead atoms. The second-order valence-electron chi connectivity index (χ2n) is 7.32. The average molecular weight is 413 g/mol. The Kier molecular flexibility index (Phi) is 5.53. The first-order valence-electron chi connectivity index (χ1n) is 9.68. The number of carbonyl (C=O) groups excluding carboxylic acids is 1. The van der Waals surface area contributed by atoms with Crippen molar-refractivity contribution in [1.82, 2.24) is 19.7 Å². The maximum Gasteiger partial charge on any atom is 0.343 e. The van der Waals surface area contributed by atoms with Gasteiger partial charge in [-0.1, -0.05) is 12.1 Å². The molecule has 1 aromatic carbocycles. The van der Waals surface area contributed by atoms with E-state index in [2.05, 4.69) is 10.2 Å². The van der Waals surface area contributed by atoms with Gasteiger partial charge in [0.1, 0.15) is 11.6 Å². The Morgan fingerprint density at radius 1 is 1.24 bits per heavy atom. The molecule has 29 heavy (non-hydrogen) atoms. The predicted molar refractivity (Wildman–Crippen MR) is 112 cm³/mol. The molecule has 7 nitrogen and oxygen atoms in total. The molecular formula is C21H24N4O3S. The molecule has 1 aliphatic rings. The molecule has 0 radical (unpaired) electrons. The van der Waals surface area contributed by atoms with Crippen LogP contribution in [0.4, 0.5) is 0 Å². The van der Waals surface area contributed by atoms with Crippen LogP contribution in [0.5, 0.6) is 5.75 Å². The van der Waals surface area contributed by atoms with E-state index in [1.165, 1.54) is 11.3 Å². The summed E-state index contributed by atoms with van der Waals surface area (Å²) >= 11 is 1.50. The van der Waals surface area contributed by atoms with Crippen molar-refractivity contribution in [2.24, 2.45) is 0 Å². The molecule has 152 valence electrons. The van der Waals surface area contributed by atoms with E-state index in [4.69, 9.17) is 4.74 Å². The molecule has 1 saturated heterocycles. The Bertz CT molecular complexity index is 1040. The van der Waals surface area contributed by atoms with Gasteiger partial charge in [-0.05, 0) is 54.5 Å². The summed E-state index contributed by atoms with van der Waals surface area (Å²) in [6.45, 7) is 3.77. The van der Waals surface area contributed by atoms with E-state index in [0.29, 0.717) is 19.6 Å². The van der Waals surface area contributed by atoms with Crippen LogP contribution in [0.3, 0.4) is 0 Å². The summed E-state index contributed by atoms with van der Waals surface area (Å²) in [4.78, 5) is 27.8. The molecule has 0 saturated carbocycles. The molecule has 1 amide bonds. The largest absolute Gasteiger partial charge is 0.497 e. The second-order valence-corrected chi connectivity index (χ2v) is 8.24. The van der Waals surface area contributed by atoms with E-state index in [1.807, 2.05) is 47.5 Å². The summed E-state index contributed by atoms with van der Waals surface area (Å²) in [5.74, 6) is 1.81. The average Bonchev–Trinajstić information content (AvgIpc) is 3.34. The van der Waals surface area contributed by atoms with E-state index in [9.17, 15) is 9.59 Å². The summed E-state index contributed by atoms with van der Waals surface area (Å²) in [6.07, 6.45) is 1.59. The first-order chi connectivity index (χ1) is 14.1. The summed E-state index contributed by atoms with van der Waals surface area (Å²) < 4.78 is 6.89. The first kappa shape index (κ1) is 19.4. The number of aromatic nitrogens is 3. The van der Waals surface area contributed by atoms with Crippen LogP contribution >= 0.6 is 11.3 Å². The van der Waals surface area contributed by atoms with E-state index < -0.39 is 0 Å². The molecule has 1 N–H and O–H groups in total. The Hall–Kier alpha value is -2.87. The van der Waals surface area contributed by atoms with Gasteiger partial charge in [0.25, 0.3) is 5.91 Å². The third-order valence-corrected chi connectivity index (χ3v) is 6.50. The molecule has 0 aliphatic carbocycles. The number of aryl methyl sites for hydroxylation is 1. The highest BCUT2D eigenvalue weighted by Gasteiger charge is 2.29. The number of likely N-dealkylation sites (tertiary alicyclic amines) is 1. The van der Waals surface area contributed by atoms with Gasteiger partial charge in [0, 0.05) is 19.0 Å². The van der Waals surface area contributed by atoms with Gasteiger partial charge in [0.05, 0.1) is 18.5 Å². The molecule has 8 heteroatoms. The Morgan fingerprint density at radius 3 is 2.59 bits per heavy atom. The van der Waals surface area contributed by atoms with Crippen molar-refractivity contribution in [3.05, 3.63) is 68.0 Å². The number of hydrogen-bond acceptors (Lipinski definition) is 5. The molecule has 3 aromatic rings. The summed E-state index contributed by atoms with van der Waals surface area (Å²) in [5, 5.41) is 8.85. The molecule has 3 heterocycles. The Balaban J connectivity index is 1.45. The van der Waals surface area contributed by atoms with Crippen LogP contribution in [0.15, 0.2) is 40.5 Å². The van der Waals surface area contributed by atoms with Gasteiger partial charge in [-0.2, -0.15) is 5.10 Å². The van der Waals surface area contributed by atoms with Crippen LogP contribution in [-0.2, 0) is 6.54 Å². The summed E-state index contributed by atoms with van der Waals surface area (Å²) in [6, 6.07) is 9.65. The molecule has 0 atom stereocenters. The van der Waals surface area contributed by atoms with E-state index in [0.717, 1.165) is 40.4 Å². The Labute approximate surface area is 172 Å². The smallest absolute Gasteiger partial charge is 0.343 e. The Morgan fingerprint density at radius 2 is 1.97 bits per heavy atom. The lowest BCUT2D eigenvalue weighted by Gasteiger charge is -2.31. The molecular weight excluding hydrogens is 388 g/mol. The van der Waals surface area contributed by atoms with Crippen LogP contribution < -0.4 is 10.4 Å². The number of piperidine rings is 1. The van der Waals surface area contributed by atoms with Crippen molar-refractivity contribution < 1.29 is 9.53 Å². The van der Waals surface area contributed by atoms with Gasteiger partial charge in [-0.25, -0.2) is 9.89 Å². The highest BCUT2D eigenvalue weighted by atomic mass is 32.1. The maximum atomic E-state index is 12.7. The van der Waals surface area contributed by atoms with Gasteiger partial charge < -0.3 is 9.64 Å². The molecule has 1 fully saturated rings. The molecule has 2 aromatic heterocycles. The van der Waals surface area contributed by atoms with Gasteiger partial charge >= 0.3 is 5.69 Å². The van der Waals surface area contributed by atoms with Gasteiger partial charge in [0.15, 0.2) is 0 Å². The number of ether oxygens (including phenoxy) is 1. The van der Waals surface area contributed by atoms with Crippen LogP contribution in [0.1, 0.15) is 45.4 Å². The number of carbonyl (C=O) groups is 1. The predicted octanol–water partition coefficient (Wildman–Crippen LogP) is 3.02. The van der Waals surface area contributed by atoms with Gasteiger partial charge in [0.2, 0.25) is 0 Å². The number of benzene rings is 1. The lowest BCUT2D eigenvalue weighted by atomic mass is 9.95. The molecule has 1 aliphatic heterocycles. The minimum atomic E-state index is -0.205. The maximum absolute atomic E-state index is 12.7. The third-order valence-electron chi connectivity index (χ3n) is 5.49. The third kappa shape index (κ3) is 3.98. The fourth-order valence-corrected chi connectivity index (χ4v) is 4.68. The van der Waals surface area contributed by atoms with Crippen molar-refractivity contribution >= 4 is 17.2 Å². The zero-order valence-corrected chi connectivity index (χ0v) is 17.4. The normalized spacial score (nSPS) is 14.9. The number of methoxy groups -OCH3 is 1. The minimum absolute atomic E-state index is 0.105. The van der Waals surface area contributed by atoms with Crippen molar-refractivity contribution in [2.75, 3.05) is 20.2 Å². The van der Waals surface area contributed by atoms with Crippen molar-refractivity contribution in [2.45, 2.75) is 32.2 Å². The highest BCUT2D eigenvalue weighted by molar-refractivity contribution is 7.12. The molecule has 0 spiro atoms. The van der Waals surface area contributed by atoms with E-state index in [1.54, 1.807) is 11.7 Å². The SMILES string of the molecule is COc1ccc(Cn2c(C3CCN(C(=O)c4sccc4C)CC3)n[nH]c2=O)cc1. The fourth-order valence-electron chi connectivity index (χ4n) is 3.78. The molecule has 0 unspecified atom stereocenters. The monoisotopic (exact) mass is 412 g/mol. The van der Waals surface area contributed by atoms with Crippen LogP contribution in [0.2, 0.25) is 0 Å². The lowest BCUT2D eigenvalue weighted by molar-refractivity contribution is 0.0714. The topological polar surface area (TPSA) is 80.2 Å². The van der Waals surface area contributed by atoms with Crippen LogP contribution in [-0.4, -0.2) is 45.8 Å². The van der Waals surface area contributed by atoms with Crippen molar-refractivity contribution in [3.8, 4) is 5.75 Å². The zero-order valence-electron chi connectivity index (χ0n) is 16.6. The fraction of sp³-hybridized carbons (Fsp3) is 0.381. The first-order valence-corrected chi connectivity index (χ1v) is 10.6. The standard InChI is InChI=1S/C21H24N4O3S/c1-14-9-12-29-18(14)20(26)24-10-7-16(8-11-24)19-22-23-21(27)25(19)13-15-3-5-17(28-2)6-4-15/h3-6,9,12,16H,7-8,10-11,13H2,1-2H3,(H,23,27). The van der Waals surface area contributed by atoms with E-state index >= 15 is 0 Å². The van der Waals surface area contributed by atoms with Crippen LogP contribution in [0.25, 0.3) is 0 Å². The van der Waals surface area contributed by atoms with E-state index in [-0.39, 0.29) is 17.5 Å². The minimum Gasteiger partial charge on any atom is -0.497 e. The zero-order chi connectivity index (χ0) is 20.4. The van der Waals surface area contributed by atoms with Crippen LogP contribution in [0, 0.1) is 6.92 Å². The number of thiophene rings is 1. The quantitative estimate of drug-likeness (QED) is 0.699. The number of rotatable bonds is 5. The van der Waals surface area contributed by atoms with Gasteiger partial charge in [-0.15, -0.1) is 11.3 Å². The lowest BCUT2D eigenvalue weighted by Crippen LogP contribution is -2.38. The number of hydrogen-bond donors (Lipinski definition) is 1. The number of H-pyrrole nitrogens is 1. The highest BCUT2D eigenvalue weighted by Crippen LogP contribution is 2.28. The van der Waals surface area contributed by atoms with Crippen molar-refractivity contribution in [3.63, 3.8) is 0 Å². The van der Waals surface area contributed by atoms with Crippen molar-refractivity contribution in [1.29, 1.82) is 0 Å². The molecule has 4 rings (SSSR count). The number of amides is 1. The number of nitrogens with zero attached hydrogens (tertiary/aromatic N) is 3. The second kappa shape index (κ2) is 8.24. The van der Waals surface area contributed by atoms with Gasteiger partial charge in [-0.3, -0.25) is 9.36 Å². The number of nitrogens with one attached hydrogen (secondary N) is 1. The number of aromatic amines is 1. The summed E-state index contributed by atoms with van der Waals surface area (Å²) in [5.41, 5.74) is 1.84. The summed E-state index contributed by atoms with van der Waals surface area (Å²) in [7, 11) is 1.63.